The average Bonchev–Trinajstić information content (AvgIpc) is 3.51. The lowest BCUT2D eigenvalue weighted by Gasteiger charge is -2.58. The van der Waals surface area contributed by atoms with Crippen LogP contribution in [0.2, 0.25) is 5.02 Å². The number of esters is 1. The van der Waals surface area contributed by atoms with E-state index >= 15 is 0 Å². The Morgan fingerprint density at radius 2 is 1.80 bits per heavy atom. The molecule has 3 aromatic rings. The van der Waals surface area contributed by atoms with Crippen molar-refractivity contribution in [2.75, 3.05) is 51.9 Å². The molecule has 5 aliphatic rings. The van der Waals surface area contributed by atoms with Gasteiger partial charge in [0.25, 0.3) is 0 Å². The summed E-state index contributed by atoms with van der Waals surface area (Å²) in [6, 6.07) is 8.09. The molecule has 0 bridgehead atoms. The summed E-state index contributed by atoms with van der Waals surface area (Å²) in [5, 5.41) is 3.97. The number of ether oxygens (including phenoxy) is 4. The van der Waals surface area contributed by atoms with Gasteiger partial charge in [-0.05, 0) is 111 Å². The first-order valence-corrected chi connectivity index (χ1v) is 21.2. The van der Waals surface area contributed by atoms with E-state index in [2.05, 4.69) is 47.0 Å². The maximum Gasteiger partial charge on any atom is 0.303 e. The van der Waals surface area contributed by atoms with E-state index in [1.807, 2.05) is 18.2 Å². The van der Waals surface area contributed by atoms with Crippen molar-refractivity contribution in [3.8, 4) is 11.5 Å². The number of fused-ring (bicyclic) bond motifs is 6. The first-order valence-electron chi connectivity index (χ1n) is 20.8. The number of hydrogen-bond donors (Lipinski definition) is 1. The Kier molecular flexibility index (Phi) is 12.5. The van der Waals surface area contributed by atoms with E-state index in [0.717, 1.165) is 70.3 Å². The minimum absolute atomic E-state index is 0.0160. The second-order valence-electron chi connectivity index (χ2n) is 17.2. The number of carbonyl (C=O) groups is 3. The van der Waals surface area contributed by atoms with Crippen LogP contribution < -0.4 is 14.8 Å². The monoisotopic (exact) mass is 830 g/mol. The average molecular weight is 831 g/mol. The zero-order chi connectivity index (χ0) is 42.1. The van der Waals surface area contributed by atoms with Crippen LogP contribution in [-0.4, -0.2) is 84.6 Å². The third-order valence-corrected chi connectivity index (χ3v) is 14.2. The van der Waals surface area contributed by atoms with E-state index in [9.17, 15) is 18.8 Å². The third-order valence-electron chi connectivity index (χ3n) is 13.9. The van der Waals surface area contributed by atoms with Crippen molar-refractivity contribution in [1.29, 1.82) is 0 Å². The van der Waals surface area contributed by atoms with Crippen LogP contribution in [0.25, 0.3) is 10.9 Å². The van der Waals surface area contributed by atoms with Crippen LogP contribution in [0.5, 0.6) is 11.5 Å². The fraction of sp³-hybridized carbons (Fsp3) is 0.543. The molecular formula is C46H56ClFN4O7. The Hall–Kier alpha value is -4.39. The van der Waals surface area contributed by atoms with Crippen molar-refractivity contribution in [2.45, 2.75) is 85.2 Å². The molecule has 1 saturated heterocycles. The van der Waals surface area contributed by atoms with Gasteiger partial charge in [-0.3, -0.25) is 19.3 Å². The van der Waals surface area contributed by atoms with Crippen molar-refractivity contribution in [3.05, 3.63) is 70.8 Å². The Morgan fingerprint density at radius 1 is 1.03 bits per heavy atom. The molecule has 1 aromatic heterocycles. The molecule has 316 valence electrons. The molecule has 6 atom stereocenters. The lowest BCUT2D eigenvalue weighted by atomic mass is 9.47. The lowest BCUT2D eigenvalue weighted by molar-refractivity contribution is -0.185. The van der Waals surface area contributed by atoms with E-state index < -0.39 is 11.4 Å². The van der Waals surface area contributed by atoms with Crippen LogP contribution in [0.15, 0.2) is 60.0 Å². The molecule has 2 saturated carbocycles. The predicted molar refractivity (Wildman–Crippen MR) is 225 cm³/mol. The lowest BCUT2D eigenvalue weighted by Crippen LogP contribution is -2.58. The number of hydrogen-bond acceptors (Lipinski definition) is 11. The number of morpholine rings is 1. The Labute approximate surface area is 351 Å². The van der Waals surface area contributed by atoms with Gasteiger partial charge < -0.3 is 24.3 Å². The van der Waals surface area contributed by atoms with Gasteiger partial charge in [-0.2, -0.15) is 0 Å². The van der Waals surface area contributed by atoms with E-state index in [1.54, 1.807) is 20.1 Å². The van der Waals surface area contributed by atoms with Gasteiger partial charge in [-0.25, -0.2) is 14.4 Å². The summed E-state index contributed by atoms with van der Waals surface area (Å²) in [6.07, 6.45) is 11.5. The number of aromatic nitrogens is 2. The second-order valence-corrected chi connectivity index (χ2v) is 17.6. The van der Waals surface area contributed by atoms with Gasteiger partial charge in [0.05, 0.1) is 37.5 Å². The predicted octanol–water partition coefficient (Wildman–Crippen LogP) is 8.85. The van der Waals surface area contributed by atoms with Crippen LogP contribution in [-0.2, 0) is 23.9 Å². The molecule has 1 aliphatic heterocycles. The fourth-order valence-corrected chi connectivity index (χ4v) is 11.1. The molecule has 2 heterocycles. The standard InChI is InChI=1S/C24H32O4.C22H24ClFN4O3/c1-14-12-18-19(22(4)9-6-17(27)13-21(14)22)7-10-23(5)20(18)8-11-24(23,15(2)25)28-16(3)26;1-29-20-13-19-16(12-21(20)31-8-2-5-28-6-9-30-10-7-28)22(26-14-25-19)27-15-3-4-18(24)17(23)11-15/h12-13,18-20H,6-11H2,1-5H3;3-4,11-14H,2,5-10H2,1H3,(H,25,26,27)/t18-,19+,20+,22-,23+,24+;/m1./s1. The van der Waals surface area contributed by atoms with Crippen molar-refractivity contribution >= 4 is 51.5 Å². The van der Waals surface area contributed by atoms with Crippen molar-refractivity contribution < 1.29 is 37.7 Å². The molecule has 0 spiro atoms. The van der Waals surface area contributed by atoms with E-state index in [1.165, 1.54) is 36.5 Å². The highest BCUT2D eigenvalue weighted by Gasteiger charge is 2.67. The summed E-state index contributed by atoms with van der Waals surface area (Å²) in [4.78, 5) is 47.8. The number of allylic oxidation sites excluding steroid dienone is 4. The number of nitrogens with one attached hydrogen (secondary N) is 1. The van der Waals surface area contributed by atoms with Gasteiger partial charge in [-0.1, -0.05) is 37.1 Å². The maximum absolute atomic E-state index is 13.5. The van der Waals surface area contributed by atoms with Crippen molar-refractivity contribution in [1.82, 2.24) is 14.9 Å². The van der Waals surface area contributed by atoms with E-state index in [4.69, 9.17) is 30.5 Å². The van der Waals surface area contributed by atoms with Gasteiger partial charge in [0.1, 0.15) is 18.0 Å². The molecule has 0 unspecified atom stereocenters. The Morgan fingerprint density at radius 3 is 2.51 bits per heavy atom. The number of rotatable bonds is 10. The number of ketones is 2. The zero-order valence-electron chi connectivity index (χ0n) is 35.0. The minimum Gasteiger partial charge on any atom is -0.493 e. The number of nitrogens with zero attached hydrogens (tertiary/aromatic N) is 3. The molecule has 13 heteroatoms. The fourth-order valence-electron chi connectivity index (χ4n) is 10.9. The van der Waals surface area contributed by atoms with Crippen LogP contribution in [0.4, 0.5) is 15.9 Å². The van der Waals surface area contributed by atoms with Crippen LogP contribution >= 0.6 is 11.6 Å². The Balaban J connectivity index is 0.000000180. The molecule has 3 fully saturated rings. The first kappa shape index (κ1) is 42.7. The highest BCUT2D eigenvalue weighted by Crippen LogP contribution is 2.68. The van der Waals surface area contributed by atoms with Crippen LogP contribution in [0, 0.1) is 34.4 Å². The summed E-state index contributed by atoms with van der Waals surface area (Å²) >= 11 is 5.90. The number of carbonyl (C=O) groups excluding carboxylic acids is 3. The van der Waals surface area contributed by atoms with Crippen LogP contribution in [0.1, 0.15) is 79.6 Å². The molecule has 11 nitrogen and oxygen atoms in total. The number of halogens is 2. The smallest absolute Gasteiger partial charge is 0.303 e. The summed E-state index contributed by atoms with van der Waals surface area (Å²) in [7, 11) is 1.60. The molecule has 4 aliphatic carbocycles. The van der Waals surface area contributed by atoms with Gasteiger partial charge in [0.15, 0.2) is 28.7 Å². The Bertz CT molecular complexity index is 2170. The molecule has 0 amide bonds. The first-order chi connectivity index (χ1) is 28.2. The third kappa shape index (κ3) is 8.24. The topological polar surface area (TPSA) is 129 Å². The molecule has 8 rings (SSSR count). The molecule has 2 aromatic carbocycles. The van der Waals surface area contributed by atoms with Crippen molar-refractivity contribution in [2.24, 2.45) is 28.6 Å². The van der Waals surface area contributed by atoms with Gasteiger partial charge in [-0.15, -0.1) is 0 Å². The molecule has 0 radical (unpaired) electrons. The second kappa shape index (κ2) is 17.3. The zero-order valence-corrected chi connectivity index (χ0v) is 35.8. The maximum atomic E-state index is 13.5. The highest BCUT2D eigenvalue weighted by atomic mass is 35.5. The summed E-state index contributed by atoms with van der Waals surface area (Å²) in [6.45, 7) is 14.6. The SMILES string of the molecule is CC(=O)O[C@]1(C(C)=O)CC[C@H]2[C@@H]3C=C(C)C4=CC(=O)CC[C@]4(C)[C@H]3CC[C@@]21C.COc1cc2ncnc(Nc3ccc(F)c(Cl)c3)c2cc1OCCCN1CCOCC1. The van der Waals surface area contributed by atoms with Crippen molar-refractivity contribution in [3.63, 3.8) is 0 Å². The van der Waals surface area contributed by atoms with Gasteiger partial charge in [0, 0.05) is 55.5 Å². The largest absolute Gasteiger partial charge is 0.493 e. The summed E-state index contributed by atoms with van der Waals surface area (Å²) in [5.74, 6) is 2.34. The van der Waals surface area contributed by atoms with Crippen LogP contribution in [0.3, 0.4) is 0 Å². The van der Waals surface area contributed by atoms with Gasteiger partial charge in [0.2, 0.25) is 0 Å². The molecule has 1 N–H and O–H groups in total. The minimum atomic E-state index is -0.990. The number of anilines is 2. The number of benzene rings is 2. The van der Waals surface area contributed by atoms with E-state index in [-0.39, 0.29) is 33.4 Å². The normalized spacial score (nSPS) is 28.8. The summed E-state index contributed by atoms with van der Waals surface area (Å²) < 4.78 is 36.2. The van der Waals surface area contributed by atoms with Gasteiger partial charge >= 0.3 is 5.97 Å². The number of Topliss-reactive ketones (excluding diaryl/α,β-unsaturated/α-hetero) is 1. The number of methoxy groups -OCH3 is 1. The molecule has 59 heavy (non-hydrogen) atoms. The highest BCUT2D eigenvalue weighted by molar-refractivity contribution is 6.31. The summed E-state index contributed by atoms with van der Waals surface area (Å²) in [5.41, 5.74) is 2.47. The molecular weight excluding hydrogens is 775 g/mol. The quantitative estimate of drug-likeness (QED) is 0.155. The van der Waals surface area contributed by atoms with E-state index in [0.29, 0.717) is 65.7 Å².